The maximum atomic E-state index is 12.1. The Hall–Kier alpha value is -1.36. The fraction of sp³-hybridized carbons (Fsp3) is 0.500. The first-order valence-electron chi connectivity index (χ1n) is 6.47. The lowest BCUT2D eigenvalue weighted by Crippen LogP contribution is -2.30. The molecule has 0 bridgehead atoms. The average Bonchev–Trinajstić information content (AvgIpc) is 2.40. The van der Waals surface area contributed by atoms with Crippen LogP contribution in [0.25, 0.3) is 0 Å². The quantitative estimate of drug-likeness (QED) is 0.833. The Balaban J connectivity index is 3.04. The topological polar surface area (TPSA) is 54.5 Å². The van der Waals surface area contributed by atoms with E-state index in [9.17, 15) is 13.2 Å². The summed E-state index contributed by atoms with van der Waals surface area (Å²) in [6.45, 7) is 8.40. The zero-order chi connectivity index (χ0) is 14.6. The fourth-order valence-electron chi connectivity index (χ4n) is 1.75. The second-order valence-corrected chi connectivity index (χ2v) is 7.10. The Morgan fingerprint density at radius 1 is 1.11 bits per heavy atom. The standard InChI is InChI=1S/C14H21NO3S/c1-5-15(6-2)14(16)12-7-9-13(10-8-12)19(17,18)11(3)4/h7-11H,5-6H2,1-4H3. The first-order chi connectivity index (χ1) is 8.84. The van der Waals surface area contributed by atoms with Gasteiger partial charge in [0.15, 0.2) is 9.84 Å². The van der Waals surface area contributed by atoms with Gasteiger partial charge in [0.1, 0.15) is 0 Å². The molecule has 0 aliphatic rings. The summed E-state index contributed by atoms with van der Waals surface area (Å²) < 4.78 is 23.9. The molecule has 0 aliphatic carbocycles. The molecule has 4 nitrogen and oxygen atoms in total. The van der Waals surface area contributed by atoms with Crippen molar-refractivity contribution < 1.29 is 13.2 Å². The summed E-state index contributed by atoms with van der Waals surface area (Å²) in [5.74, 6) is -0.0708. The number of sulfone groups is 1. The molecule has 0 unspecified atom stereocenters. The van der Waals surface area contributed by atoms with Gasteiger partial charge in [0, 0.05) is 18.7 Å². The summed E-state index contributed by atoms with van der Waals surface area (Å²) >= 11 is 0. The third kappa shape index (κ3) is 3.35. The van der Waals surface area contributed by atoms with E-state index in [-0.39, 0.29) is 10.8 Å². The van der Waals surface area contributed by atoms with E-state index >= 15 is 0 Å². The second-order valence-electron chi connectivity index (χ2n) is 4.60. The molecule has 0 N–H and O–H groups in total. The van der Waals surface area contributed by atoms with E-state index in [1.807, 2.05) is 13.8 Å². The van der Waals surface area contributed by atoms with Crippen LogP contribution in [-0.2, 0) is 9.84 Å². The van der Waals surface area contributed by atoms with Crippen molar-refractivity contribution in [1.29, 1.82) is 0 Å². The lowest BCUT2D eigenvalue weighted by molar-refractivity contribution is 0.0773. The van der Waals surface area contributed by atoms with Crippen molar-refractivity contribution in [2.24, 2.45) is 0 Å². The largest absolute Gasteiger partial charge is 0.339 e. The van der Waals surface area contributed by atoms with Crippen LogP contribution in [0, 0.1) is 0 Å². The Bertz CT molecular complexity index is 528. The molecule has 106 valence electrons. The van der Waals surface area contributed by atoms with E-state index in [0.717, 1.165) is 0 Å². The average molecular weight is 283 g/mol. The van der Waals surface area contributed by atoms with E-state index in [1.165, 1.54) is 12.1 Å². The van der Waals surface area contributed by atoms with Gasteiger partial charge in [-0.05, 0) is 52.0 Å². The van der Waals surface area contributed by atoms with Gasteiger partial charge in [0.25, 0.3) is 5.91 Å². The summed E-state index contributed by atoms with van der Waals surface area (Å²) in [5.41, 5.74) is 0.520. The summed E-state index contributed by atoms with van der Waals surface area (Å²) in [6, 6.07) is 6.17. The maximum absolute atomic E-state index is 12.1. The Kier molecular flexibility index (Phi) is 5.11. The van der Waals surface area contributed by atoms with Gasteiger partial charge in [0.2, 0.25) is 0 Å². The molecule has 0 fully saturated rings. The smallest absolute Gasteiger partial charge is 0.253 e. The monoisotopic (exact) mass is 283 g/mol. The zero-order valence-corrected chi connectivity index (χ0v) is 12.7. The molecule has 19 heavy (non-hydrogen) atoms. The van der Waals surface area contributed by atoms with E-state index < -0.39 is 15.1 Å². The van der Waals surface area contributed by atoms with E-state index in [1.54, 1.807) is 30.9 Å². The molecule has 0 saturated heterocycles. The van der Waals surface area contributed by atoms with Crippen LogP contribution in [-0.4, -0.2) is 37.6 Å². The molecule has 1 aromatic rings. The van der Waals surface area contributed by atoms with Crippen LogP contribution in [0.3, 0.4) is 0 Å². The number of nitrogens with zero attached hydrogens (tertiary/aromatic N) is 1. The van der Waals surface area contributed by atoms with E-state index in [0.29, 0.717) is 18.7 Å². The van der Waals surface area contributed by atoms with Crippen molar-refractivity contribution in [3.63, 3.8) is 0 Å². The van der Waals surface area contributed by atoms with Gasteiger partial charge >= 0.3 is 0 Å². The SMILES string of the molecule is CCN(CC)C(=O)c1ccc(S(=O)(=O)C(C)C)cc1. The number of hydrogen-bond acceptors (Lipinski definition) is 3. The highest BCUT2D eigenvalue weighted by molar-refractivity contribution is 7.92. The minimum absolute atomic E-state index is 0.0708. The number of amides is 1. The summed E-state index contributed by atoms with van der Waals surface area (Å²) in [7, 11) is -3.28. The number of carbonyl (C=O) groups is 1. The Morgan fingerprint density at radius 2 is 1.58 bits per heavy atom. The van der Waals surface area contributed by atoms with Crippen LogP contribution in [0.5, 0.6) is 0 Å². The van der Waals surface area contributed by atoms with Crippen LogP contribution in [0.1, 0.15) is 38.1 Å². The van der Waals surface area contributed by atoms with Crippen molar-refractivity contribution in [3.05, 3.63) is 29.8 Å². The van der Waals surface area contributed by atoms with Crippen molar-refractivity contribution in [2.45, 2.75) is 37.8 Å². The van der Waals surface area contributed by atoms with Crippen LogP contribution in [0.15, 0.2) is 29.2 Å². The lowest BCUT2D eigenvalue weighted by atomic mass is 10.2. The van der Waals surface area contributed by atoms with Crippen molar-refractivity contribution in [3.8, 4) is 0 Å². The first-order valence-corrected chi connectivity index (χ1v) is 8.02. The van der Waals surface area contributed by atoms with Gasteiger partial charge < -0.3 is 4.90 Å². The van der Waals surface area contributed by atoms with Crippen molar-refractivity contribution in [1.82, 2.24) is 4.90 Å². The fourth-order valence-corrected chi connectivity index (χ4v) is 2.81. The number of hydrogen-bond donors (Lipinski definition) is 0. The summed E-state index contributed by atoms with van der Waals surface area (Å²) in [6.07, 6.45) is 0. The minimum Gasteiger partial charge on any atom is -0.339 e. The summed E-state index contributed by atoms with van der Waals surface area (Å²) in [5, 5.41) is -0.461. The molecule has 0 aromatic heterocycles. The maximum Gasteiger partial charge on any atom is 0.253 e. The molecule has 0 spiro atoms. The molecule has 0 aliphatic heterocycles. The zero-order valence-electron chi connectivity index (χ0n) is 11.9. The van der Waals surface area contributed by atoms with Gasteiger partial charge in [-0.25, -0.2) is 8.42 Å². The van der Waals surface area contributed by atoms with Crippen LogP contribution >= 0.6 is 0 Å². The molecule has 1 amide bonds. The third-order valence-electron chi connectivity index (χ3n) is 3.10. The molecule has 0 atom stereocenters. The Labute approximate surface area is 115 Å². The predicted molar refractivity (Wildman–Crippen MR) is 76.0 cm³/mol. The molecular weight excluding hydrogens is 262 g/mol. The number of rotatable bonds is 5. The van der Waals surface area contributed by atoms with Gasteiger partial charge in [-0.3, -0.25) is 4.79 Å². The Morgan fingerprint density at radius 3 is 1.95 bits per heavy atom. The minimum atomic E-state index is -3.28. The molecule has 0 radical (unpaired) electrons. The van der Waals surface area contributed by atoms with Gasteiger partial charge in [-0.15, -0.1) is 0 Å². The van der Waals surface area contributed by atoms with Gasteiger partial charge in [0.05, 0.1) is 10.1 Å². The van der Waals surface area contributed by atoms with Crippen LogP contribution in [0.4, 0.5) is 0 Å². The van der Waals surface area contributed by atoms with E-state index in [4.69, 9.17) is 0 Å². The van der Waals surface area contributed by atoms with Crippen molar-refractivity contribution >= 4 is 15.7 Å². The van der Waals surface area contributed by atoms with Gasteiger partial charge in [-0.1, -0.05) is 0 Å². The van der Waals surface area contributed by atoms with Crippen LogP contribution in [0.2, 0.25) is 0 Å². The van der Waals surface area contributed by atoms with E-state index in [2.05, 4.69) is 0 Å². The lowest BCUT2D eigenvalue weighted by Gasteiger charge is -2.18. The number of benzene rings is 1. The molecule has 1 rings (SSSR count). The summed E-state index contributed by atoms with van der Waals surface area (Å²) in [4.78, 5) is 14.0. The highest BCUT2D eigenvalue weighted by Gasteiger charge is 2.20. The highest BCUT2D eigenvalue weighted by Crippen LogP contribution is 2.17. The normalized spacial score (nSPS) is 11.6. The molecule has 0 saturated carbocycles. The van der Waals surface area contributed by atoms with Gasteiger partial charge in [-0.2, -0.15) is 0 Å². The molecular formula is C14H21NO3S. The first kappa shape index (κ1) is 15.7. The van der Waals surface area contributed by atoms with Crippen molar-refractivity contribution in [2.75, 3.05) is 13.1 Å². The number of carbonyl (C=O) groups excluding carboxylic acids is 1. The molecule has 0 heterocycles. The highest BCUT2D eigenvalue weighted by atomic mass is 32.2. The second kappa shape index (κ2) is 6.19. The van der Waals surface area contributed by atoms with Crippen LogP contribution < -0.4 is 0 Å². The predicted octanol–water partition coefficient (Wildman–Crippen LogP) is 2.35. The third-order valence-corrected chi connectivity index (χ3v) is 5.27. The molecule has 5 heteroatoms. The molecule has 1 aromatic carbocycles.